The van der Waals surface area contributed by atoms with Crippen LogP contribution in [0.5, 0.6) is 0 Å². The molecule has 3 atom stereocenters. The van der Waals surface area contributed by atoms with E-state index in [0.717, 1.165) is 25.9 Å². The summed E-state index contributed by atoms with van der Waals surface area (Å²) < 4.78 is 0. The summed E-state index contributed by atoms with van der Waals surface area (Å²) in [6.07, 6.45) is 2.12. The second kappa shape index (κ2) is 6.37. The van der Waals surface area contributed by atoms with Crippen molar-refractivity contribution < 1.29 is 14.7 Å². The van der Waals surface area contributed by atoms with Crippen molar-refractivity contribution in [1.29, 1.82) is 0 Å². The Bertz CT molecular complexity index is 336. The summed E-state index contributed by atoms with van der Waals surface area (Å²) in [6, 6.07) is -0.360. The smallest absolute Gasteiger partial charge is 0.308 e. The molecule has 3 unspecified atom stereocenters. The van der Waals surface area contributed by atoms with Crippen molar-refractivity contribution in [3.8, 4) is 0 Å². The van der Waals surface area contributed by atoms with Gasteiger partial charge in [-0.05, 0) is 45.7 Å². The van der Waals surface area contributed by atoms with E-state index in [-0.39, 0.29) is 11.9 Å². The lowest BCUT2D eigenvalue weighted by Gasteiger charge is -2.37. The van der Waals surface area contributed by atoms with Gasteiger partial charge in [-0.3, -0.25) is 9.59 Å². The number of carbonyl (C=O) groups is 2. The first-order valence-corrected chi connectivity index (χ1v) is 7.01. The van der Waals surface area contributed by atoms with Crippen LogP contribution < -0.4 is 10.6 Å². The van der Waals surface area contributed by atoms with Crippen molar-refractivity contribution in [2.75, 3.05) is 13.1 Å². The Labute approximate surface area is 115 Å². The van der Waals surface area contributed by atoms with Crippen molar-refractivity contribution in [2.45, 2.75) is 46.6 Å². The van der Waals surface area contributed by atoms with Crippen LogP contribution in [0.15, 0.2) is 0 Å². The van der Waals surface area contributed by atoms with Gasteiger partial charge in [0.1, 0.15) is 0 Å². The zero-order valence-corrected chi connectivity index (χ0v) is 12.3. The summed E-state index contributed by atoms with van der Waals surface area (Å²) in [7, 11) is 0. The standard InChI is InChI=1S/C14H26N2O3/c1-9(12(17)18)10(2)16-13(19)14(3,4)11-6-5-7-15-8-11/h9-11,15H,5-8H2,1-4H3,(H,16,19)(H,17,18). The van der Waals surface area contributed by atoms with E-state index in [0.29, 0.717) is 5.92 Å². The Morgan fingerprint density at radius 1 is 1.37 bits per heavy atom. The molecule has 0 aliphatic carbocycles. The highest BCUT2D eigenvalue weighted by Crippen LogP contribution is 2.32. The third-order valence-electron chi connectivity index (χ3n) is 4.40. The Balaban J connectivity index is 2.62. The number of carboxylic acids is 1. The largest absolute Gasteiger partial charge is 0.481 e. The number of amides is 1. The molecule has 110 valence electrons. The molecule has 0 saturated carbocycles. The summed E-state index contributed by atoms with van der Waals surface area (Å²) in [6.45, 7) is 9.11. The lowest BCUT2D eigenvalue weighted by molar-refractivity contribution is -0.142. The van der Waals surface area contributed by atoms with Crippen molar-refractivity contribution in [2.24, 2.45) is 17.3 Å². The summed E-state index contributed by atoms with van der Waals surface area (Å²) >= 11 is 0. The van der Waals surface area contributed by atoms with Crippen LogP contribution in [0.3, 0.4) is 0 Å². The van der Waals surface area contributed by atoms with Crippen LogP contribution in [-0.4, -0.2) is 36.1 Å². The summed E-state index contributed by atoms with van der Waals surface area (Å²) in [5, 5.41) is 15.1. The lowest BCUT2D eigenvalue weighted by atomic mass is 9.74. The monoisotopic (exact) mass is 270 g/mol. The van der Waals surface area contributed by atoms with Crippen molar-refractivity contribution in [3.63, 3.8) is 0 Å². The quantitative estimate of drug-likeness (QED) is 0.702. The number of hydrogen-bond donors (Lipinski definition) is 3. The van der Waals surface area contributed by atoms with E-state index in [9.17, 15) is 9.59 Å². The Kier molecular flexibility index (Phi) is 5.35. The third kappa shape index (κ3) is 3.93. The van der Waals surface area contributed by atoms with Gasteiger partial charge in [-0.15, -0.1) is 0 Å². The molecule has 0 aromatic rings. The van der Waals surface area contributed by atoms with E-state index in [2.05, 4.69) is 10.6 Å². The number of hydrogen-bond acceptors (Lipinski definition) is 3. The first kappa shape index (κ1) is 16.0. The topological polar surface area (TPSA) is 78.4 Å². The van der Waals surface area contributed by atoms with E-state index >= 15 is 0 Å². The summed E-state index contributed by atoms with van der Waals surface area (Å²) in [5.41, 5.74) is -0.472. The predicted octanol–water partition coefficient (Wildman–Crippen LogP) is 1.24. The van der Waals surface area contributed by atoms with Gasteiger partial charge in [0.05, 0.1) is 5.92 Å². The molecular weight excluding hydrogens is 244 g/mol. The van der Waals surface area contributed by atoms with Gasteiger partial charge in [0, 0.05) is 11.5 Å². The molecule has 3 N–H and O–H groups in total. The van der Waals surface area contributed by atoms with Gasteiger partial charge < -0.3 is 15.7 Å². The molecule has 1 aliphatic rings. The second-order valence-electron chi connectivity index (χ2n) is 6.15. The maximum atomic E-state index is 12.4. The van der Waals surface area contributed by atoms with Crippen LogP contribution in [0.4, 0.5) is 0 Å². The normalized spacial score (nSPS) is 23.5. The number of carbonyl (C=O) groups excluding carboxylic acids is 1. The average molecular weight is 270 g/mol. The summed E-state index contributed by atoms with van der Waals surface area (Å²) in [5.74, 6) is -1.22. The van der Waals surface area contributed by atoms with Gasteiger partial charge in [-0.1, -0.05) is 13.8 Å². The highest BCUT2D eigenvalue weighted by Gasteiger charge is 2.38. The van der Waals surface area contributed by atoms with E-state index in [1.54, 1.807) is 13.8 Å². The molecule has 5 nitrogen and oxygen atoms in total. The van der Waals surface area contributed by atoms with Crippen LogP contribution in [0, 0.1) is 17.3 Å². The maximum absolute atomic E-state index is 12.4. The molecule has 19 heavy (non-hydrogen) atoms. The molecule has 1 saturated heterocycles. The van der Waals surface area contributed by atoms with Gasteiger partial charge >= 0.3 is 5.97 Å². The van der Waals surface area contributed by atoms with Crippen molar-refractivity contribution >= 4 is 11.9 Å². The van der Waals surface area contributed by atoms with Gasteiger partial charge in [0.15, 0.2) is 0 Å². The molecule has 0 aromatic carbocycles. The number of rotatable bonds is 5. The molecule has 0 radical (unpaired) electrons. The highest BCUT2D eigenvalue weighted by atomic mass is 16.4. The number of piperidine rings is 1. The van der Waals surface area contributed by atoms with Crippen LogP contribution in [0.2, 0.25) is 0 Å². The van der Waals surface area contributed by atoms with E-state index in [4.69, 9.17) is 5.11 Å². The highest BCUT2D eigenvalue weighted by molar-refractivity contribution is 5.83. The Morgan fingerprint density at radius 3 is 2.47 bits per heavy atom. The molecule has 0 aromatic heterocycles. The lowest BCUT2D eigenvalue weighted by Crippen LogP contribution is -2.51. The van der Waals surface area contributed by atoms with Crippen LogP contribution in [-0.2, 0) is 9.59 Å². The Hall–Kier alpha value is -1.10. The van der Waals surface area contributed by atoms with Gasteiger partial charge in [0.25, 0.3) is 0 Å². The van der Waals surface area contributed by atoms with Crippen LogP contribution in [0.25, 0.3) is 0 Å². The number of carboxylic acid groups (broad SMARTS) is 1. The van der Waals surface area contributed by atoms with E-state index in [1.165, 1.54) is 0 Å². The molecule has 1 rings (SSSR count). The van der Waals surface area contributed by atoms with Crippen molar-refractivity contribution in [1.82, 2.24) is 10.6 Å². The first-order chi connectivity index (χ1) is 8.76. The van der Waals surface area contributed by atoms with Crippen LogP contribution >= 0.6 is 0 Å². The van der Waals surface area contributed by atoms with E-state index < -0.39 is 17.3 Å². The molecule has 1 aliphatic heterocycles. The molecule has 1 fully saturated rings. The molecule has 0 spiro atoms. The third-order valence-corrected chi connectivity index (χ3v) is 4.40. The SMILES string of the molecule is CC(NC(=O)C(C)(C)C1CCCNC1)C(C)C(=O)O. The zero-order chi connectivity index (χ0) is 14.6. The molecule has 1 heterocycles. The second-order valence-corrected chi connectivity index (χ2v) is 6.15. The van der Waals surface area contributed by atoms with E-state index in [1.807, 2.05) is 13.8 Å². The average Bonchev–Trinajstić information content (AvgIpc) is 2.38. The molecular formula is C14H26N2O3. The minimum atomic E-state index is -0.884. The molecule has 0 bridgehead atoms. The van der Waals surface area contributed by atoms with Gasteiger partial charge in [-0.25, -0.2) is 0 Å². The first-order valence-electron chi connectivity index (χ1n) is 7.01. The van der Waals surface area contributed by atoms with Crippen LogP contribution in [0.1, 0.15) is 40.5 Å². The Morgan fingerprint density at radius 2 is 2.00 bits per heavy atom. The number of aliphatic carboxylic acids is 1. The molecule has 5 heteroatoms. The minimum absolute atomic E-state index is 0.0539. The fraction of sp³-hybridized carbons (Fsp3) is 0.857. The predicted molar refractivity (Wildman–Crippen MR) is 73.8 cm³/mol. The fourth-order valence-electron chi connectivity index (χ4n) is 2.38. The zero-order valence-electron chi connectivity index (χ0n) is 12.3. The number of nitrogens with one attached hydrogen (secondary N) is 2. The molecule has 1 amide bonds. The van der Waals surface area contributed by atoms with Gasteiger partial charge in [-0.2, -0.15) is 0 Å². The summed E-state index contributed by atoms with van der Waals surface area (Å²) in [4.78, 5) is 23.3. The minimum Gasteiger partial charge on any atom is -0.481 e. The maximum Gasteiger partial charge on any atom is 0.308 e. The van der Waals surface area contributed by atoms with Crippen molar-refractivity contribution in [3.05, 3.63) is 0 Å². The fourth-order valence-corrected chi connectivity index (χ4v) is 2.38. The van der Waals surface area contributed by atoms with Gasteiger partial charge in [0.2, 0.25) is 5.91 Å².